The average Bonchev–Trinajstić information content (AvgIpc) is 2.90. The number of carboxylic acid groups (broad SMARTS) is 1. The Balaban J connectivity index is 2.40. The van der Waals surface area contributed by atoms with Gasteiger partial charge in [-0.15, -0.1) is 0 Å². The molecule has 0 fully saturated rings. The first-order valence-corrected chi connectivity index (χ1v) is 7.66. The molecular weight excluding hydrogens is 296 g/mol. The van der Waals surface area contributed by atoms with Crippen molar-refractivity contribution in [3.8, 4) is 0 Å². The highest BCUT2D eigenvalue weighted by Crippen LogP contribution is 2.23. The number of benzene rings is 1. The molecule has 6 nitrogen and oxygen atoms in total. The minimum absolute atomic E-state index is 0.249. The minimum atomic E-state index is -1.00. The Bertz CT molecular complexity index is 693. The molecule has 0 aliphatic carbocycles. The Morgan fingerprint density at radius 3 is 2.70 bits per heavy atom. The van der Waals surface area contributed by atoms with Gasteiger partial charge in [-0.05, 0) is 12.5 Å². The molecule has 0 radical (unpaired) electrons. The number of para-hydroxylation sites is 1. The van der Waals surface area contributed by atoms with Crippen molar-refractivity contribution in [2.24, 2.45) is 0 Å². The average molecular weight is 318 g/mol. The van der Waals surface area contributed by atoms with Gasteiger partial charge in [0.25, 0.3) is 5.91 Å². The van der Waals surface area contributed by atoms with Gasteiger partial charge in [0.15, 0.2) is 0 Å². The number of carbonyl (C=O) groups is 2. The summed E-state index contributed by atoms with van der Waals surface area (Å²) in [5.74, 6) is -1.25. The summed E-state index contributed by atoms with van der Waals surface area (Å²) in [7, 11) is 1.63. The van der Waals surface area contributed by atoms with Gasteiger partial charge in [0.05, 0.1) is 12.2 Å². The maximum Gasteiger partial charge on any atom is 0.323 e. The maximum atomic E-state index is 12.8. The Kier molecular flexibility index (Phi) is 5.76. The quantitative estimate of drug-likeness (QED) is 0.810. The number of nitrogens with zero attached hydrogens (tertiary/aromatic N) is 2. The number of hydrogen-bond donors (Lipinski definition) is 1. The van der Waals surface area contributed by atoms with Crippen molar-refractivity contribution in [1.29, 1.82) is 0 Å². The number of aliphatic carboxylic acids is 1. The fourth-order valence-corrected chi connectivity index (χ4v) is 2.65. The predicted molar refractivity (Wildman–Crippen MR) is 87.6 cm³/mol. The monoisotopic (exact) mass is 318 g/mol. The smallest absolute Gasteiger partial charge is 0.323 e. The summed E-state index contributed by atoms with van der Waals surface area (Å²) in [4.78, 5) is 25.2. The molecule has 1 aromatic carbocycles. The van der Waals surface area contributed by atoms with E-state index < -0.39 is 5.97 Å². The van der Waals surface area contributed by atoms with Gasteiger partial charge in [0.1, 0.15) is 6.54 Å². The second kappa shape index (κ2) is 7.78. The van der Waals surface area contributed by atoms with Crippen LogP contribution < -0.4 is 0 Å². The van der Waals surface area contributed by atoms with Crippen LogP contribution >= 0.6 is 0 Å². The zero-order chi connectivity index (χ0) is 16.8. The molecule has 2 aromatic rings. The summed E-state index contributed by atoms with van der Waals surface area (Å²) < 4.78 is 7.08. The number of carboxylic acids is 1. The van der Waals surface area contributed by atoms with Crippen LogP contribution in [0.25, 0.3) is 10.9 Å². The van der Waals surface area contributed by atoms with Crippen molar-refractivity contribution in [1.82, 2.24) is 9.47 Å². The van der Waals surface area contributed by atoms with Crippen LogP contribution in [0.15, 0.2) is 30.5 Å². The first kappa shape index (κ1) is 17.0. The lowest BCUT2D eigenvalue weighted by atomic mass is 10.1. The highest BCUT2D eigenvalue weighted by molar-refractivity contribution is 6.07. The third-order valence-corrected chi connectivity index (χ3v) is 3.66. The Labute approximate surface area is 135 Å². The van der Waals surface area contributed by atoms with Crippen molar-refractivity contribution in [2.45, 2.75) is 19.9 Å². The highest BCUT2D eigenvalue weighted by atomic mass is 16.5. The molecule has 0 saturated heterocycles. The summed E-state index contributed by atoms with van der Waals surface area (Å²) in [5.41, 5.74) is 1.48. The molecule has 0 unspecified atom stereocenters. The molecule has 1 heterocycles. The molecule has 2 rings (SSSR count). The van der Waals surface area contributed by atoms with Crippen LogP contribution in [0.1, 0.15) is 23.7 Å². The standard InChI is InChI=1S/C17H22N2O4/c1-3-8-19(12-16(20)21)17(22)14-11-18(9-10-23-2)15-7-5-4-6-13(14)15/h4-7,11H,3,8-10,12H2,1-2H3,(H,20,21). The van der Waals surface area contributed by atoms with E-state index in [1.54, 1.807) is 13.3 Å². The van der Waals surface area contributed by atoms with Gasteiger partial charge in [-0.1, -0.05) is 25.1 Å². The van der Waals surface area contributed by atoms with E-state index in [9.17, 15) is 9.59 Å². The van der Waals surface area contributed by atoms with Crippen LogP contribution in [0.4, 0.5) is 0 Å². The Morgan fingerprint density at radius 1 is 1.30 bits per heavy atom. The molecule has 124 valence electrons. The molecule has 0 spiro atoms. The summed E-state index contributed by atoms with van der Waals surface area (Å²) in [6.45, 7) is 3.23. The van der Waals surface area contributed by atoms with Crippen molar-refractivity contribution >= 4 is 22.8 Å². The molecule has 0 aliphatic rings. The van der Waals surface area contributed by atoms with Gasteiger partial charge in [0, 0.05) is 37.3 Å². The number of amides is 1. The fraction of sp³-hybridized carbons (Fsp3) is 0.412. The SMILES string of the molecule is CCCN(CC(=O)O)C(=O)c1cn(CCOC)c2ccccc12. The number of hydrogen-bond acceptors (Lipinski definition) is 3. The van der Waals surface area contributed by atoms with E-state index >= 15 is 0 Å². The third kappa shape index (κ3) is 3.90. The molecule has 0 aliphatic heterocycles. The van der Waals surface area contributed by atoms with Crippen molar-refractivity contribution in [3.63, 3.8) is 0 Å². The number of rotatable bonds is 8. The zero-order valence-electron chi connectivity index (χ0n) is 13.5. The lowest BCUT2D eigenvalue weighted by molar-refractivity contribution is -0.137. The number of fused-ring (bicyclic) bond motifs is 1. The second-order valence-corrected chi connectivity index (χ2v) is 5.37. The van der Waals surface area contributed by atoms with Crippen LogP contribution in [-0.2, 0) is 16.1 Å². The van der Waals surface area contributed by atoms with Crippen molar-refractivity contribution in [3.05, 3.63) is 36.0 Å². The van der Waals surface area contributed by atoms with E-state index in [4.69, 9.17) is 9.84 Å². The summed E-state index contributed by atoms with van der Waals surface area (Å²) in [6, 6.07) is 7.63. The Morgan fingerprint density at radius 2 is 2.04 bits per heavy atom. The third-order valence-electron chi connectivity index (χ3n) is 3.66. The molecule has 1 aromatic heterocycles. The first-order chi connectivity index (χ1) is 11.1. The molecule has 0 saturated carbocycles. The lowest BCUT2D eigenvalue weighted by Crippen LogP contribution is -2.36. The van der Waals surface area contributed by atoms with E-state index in [-0.39, 0.29) is 12.5 Å². The summed E-state index contributed by atoms with van der Waals surface area (Å²) in [6.07, 6.45) is 2.50. The summed E-state index contributed by atoms with van der Waals surface area (Å²) >= 11 is 0. The number of carbonyl (C=O) groups excluding carboxylic acids is 1. The fourth-order valence-electron chi connectivity index (χ4n) is 2.65. The van der Waals surface area contributed by atoms with Crippen molar-refractivity contribution < 1.29 is 19.4 Å². The van der Waals surface area contributed by atoms with Gasteiger partial charge >= 0.3 is 5.97 Å². The first-order valence-electron chi connectivity index (χ1n) is 7.66. The number of aromatic nitrogens is 1. The van der Waals surface area contributed by atoms with E-state index in [2.05, 4.69) is 0 Å². The predicted octanol–water partition coefficient (Wildman–Crippen LogP) is 2.22. The normalized spacial score (nSPS) is 10.9. The van der Waals surface area contributed by atoms with E-state index in [0.29, 0.717) is 31.7 Å². The number of methoxy groups -OCH3 is 1. The van der Waals surface area contributed by atoms with Crippen molar-refractivity contribution in [2.75, 3.05) is 26.8 Å². The van der Waals surface area contributed by atoms with Crippen LogP contribution in [-0.4, -0.2) is 53.3 Å². The van der Waals surface area contributed by atoms with E-state index in [1.165, 1.54) is 4.90 Å². The van der Waals surface area contributed by atoms with Crippen LogP contribution in [0.5, 0.6) is 0 Å². The largest absolute Gasteiger partial charge is 0.480 e. The minimum Gasteiger partial charge on any atom is -0.480 e. The van der Waals surface area contributed by atoms with Crippen LogP contribution in [0.3, 0.4) is 0 Å². The van der Waals surface area contributed by atoms with Gasteiger partial charge in [0.2, 0.25) is 0 Å². The molecular formula is C17H22N2O4. The van der Waals surface area contributed by atoms with Gasteiger partial charge in [-0.3, -0.25) is 9.59 Å². The molecule has 0 bridgehead atoms. The molecule has 1 amide bonds. The van der Waals surface area contributed by atoms with Crippen LogP contribution in [0, 0.1) is 0 Å². The molecule has 1 N–H and O–H groups in total. The van der Waals surface area contributed by atoms with Crippen LogP contribution in [0.2, 0.25) is 0 Å². The highest BCUT2D eigenvalue weighted by Gasteiger charge is 2.22. The summed E-state index contributed by atoms with van der Waals surface area (Å²) in [5, 5.41) is 9.86. The van der Waals surface area contributed by atoms with Gasteiger partial charge in [-0.25, -0.2) is 0 Å². The maximum absolute atomic E-state index is 12.8. The van der Waals surface area contributed by atoms with E-state index in [1.807, 2.05) is 35.8 Å². The zero-order valence-corrected chi connectivity index (χ0v) is 13.5. The molecule has 23 heavy (non-hydrogen) atoms. The van der Waals surface area contributed by atoms with Gasteiger partial charge in [-0.2, -0.15) is 0 Å². The molecule has 0 atom stereocenters. The second-order valence-electron chi connectivity index (χ2n) is 5.37. The van der Waals surface area contributed by atoms with E-state index in [0.717, 1.165) is 10.9 Å². The van der Waals surface area contributed by atoms with Gasteiger partial charge < -0.3 is 19.3 Å². The number of ether oxygens (including phenoxy) is 1. The lowest BCUT2D eigenvalue weighted by Gasteiger charge is -2.19. The topological polar surface area (TPSA) is 71.8 Å². The molecule has 6 heteroatoms. The Hall–Kier alpha value is -2.34.